The van der Waals surface area contributed by atoms with E-state index in [2.05, 4.69) is 0 Å². The van der Waals surface area contributed by atoms with Gasteiger partial charge in [0.25, 0.3) is 5.69 Å². The summed E-state index contributed by atoms with van der Waals surface area (Å²) in [5.41, 5.74) is -0.190. The van der Waals surface area contributed by atoms with E-state index in [4.69, 9.17) is 10.2 Å². The predicted molar refractivity (Wildman–Crippen MR) is 68.7 cm³/mol. The third kappa shape index (κ3) is 4.90. The number of hydrogen-bond acceptors (Lipinski definition) is 5. The van der Waals surface area contributed by atoms with Crippen molar-refractivity contribution in [3.8, 4) is 0 Å². The van der Waals surface area contributed by atoms with Gasteiger partial charge in [-0.25, -0.2) is 0 Å². The van der Waals surface area contributed by atoms with E-state index in [1.165, 1.54) is 24.3 Å². The molecule has 0 radical (unpaired) electrons. The van der Waals surface area contributed by atoms with Gasteiger partial charge < -0.3 is 15.1 Å². The van der Waals surface area contributed by atoms with Crippen LogP contribution in [0.5, 0.6) is 0 Å². The molecular formula is C12H12N2O7. The number of benzene rings is 1. The molecule has 0 saturated heterocycles. The highest BCUT2D eigenvalue weighted by molar-refractivity contribution is 5.86. The van der Waals surface area contributed by atoms with Crippen LogP contribution in [0.2, 0.25) is 0 Å². The van der Waals surface area contributed by atoms with E-state index < -0.39 is 42.3 Å². The topological polar surface area (TPSA) is 138 Å². The number of nitro groups is 1. The Morgan fingerprint density at radius 2 is 1.62 bits per heavy atom. The number of hydrogen-bond donors (Lipinski definition) is 2. The summed E-state index contributed by atoms with van der Waals surface area (Å²) in [6.45, 7) is -1.57. The quantitative estimate of drug-likeness (QED) is 0.538. The van der Waals surface area contributed by atoms with Crippen LogP contribution in [0.15, 0.2) is 24.3 Å². The monoisotopic (exact) mass is 296 g/mol. The van der Waals surface area contributed by atoms with Crippen molar-refractivity contribution < 1.29 is 29.5 Å². The molecule has 0 bridgehead atoms. The van der Waals surface area contributed by atoms with Crippen molar-refractivity contribution in [1.82, 2.24) is 4.90 Å². The molecule has 0 saturated carbocycles. The van der Waals surface area contributed by atoms with Crippen LogP contribution in [0.1, 0.15) is 5.56 Å². The normalized spacial score (nSPS) is 9.90. The molecule has 21 heavy (non-hydrogen) atoms. The third-order valence-electron chi connectivity index (χ3n) is 2.53. The highest BCUT2D eigenvalue weighted by Gasteiger charge is 2.23. The maximum absolute atomic E-state index is 11.9. The number of amides is 1. The lowest BCUT2D eigenvalue weighted by atomic mass is 10.1. The highest BCUT2D eigenvalue weighted by atomic mass is 16.6. The number of para-hydroxylation sites is 1. The van der Waals surface area contributed by atoms with E-state index in [1.807, 2.05) is 0 Å². The van der Waals surface area contributed by atoms with Crippen LogP contribution in [-0.2, 0) is 20.8 Å². The fourth-order valence-electron chi connectivity index (χ4n) is 1.67. The number of nitrogens with zero attached hydrogens (tertiary/aromatic N) is 2. The Hall–Kier alpha value is -2.97. The molecule has 1 amide bonds. The molecule has 1 rings (SSSR count). The Labute approximate surface area is 118 Å². The fraction of sp³-hybridized carbons (Fsp3) is 0.250. The lowest BCUT2D eigenvalue weighted by Crippen LogP contribution is -2.40. The molecular weight excluding hydrogens is 284 g/mol. The van der Waals surface area contributed by atoms with E-state index in [9.17, 15) is 24.5 Å². The van der Waals surface area contributed by atoms with Crippen molar-refractivity contribution in [3.63, 3.8) is 0 Å². The van der Waals surface area contributed by atoms with Crippen LogP contribution in [0.4, 0.5) is 5.69 Å². The first-order valence-electron chi connectivity index (χ1n) is 5.75. The summed E-state index contributed by atoms with van der Waals surface area (Å²) in [5, 5.41) is 28.1. The SMILES string of the molecule is O=C(O)CN(CC(=O)O)C(=O)Cc1ccccc1[N+](=O)[O-]. The van der Waals surface area contributed by atoms with Crippen molar-refractivity contribution in [1.29, 1.82) is 0 Å². The molecule has 1 aromatic carbocycles. The summed E-state index contributed by atoms with van der Waals surface area (Å²) in [7, 11) is 0. The second kappa shape index (κ2) is 6.98. The summed E-state index contributed by atoms with van der Waals surface area (Å²) in [4.78, 5) is 44.0. The van der Waals surface area contributed by atoms with Gasteiger partial charge in [0, 0.05) is 11.6 Å². The molecule has 0 fully saturated rings. The smallest absolute Gasteiger partial charge is 0.323 e. The number of carboxylic acids is 2. The second-order valence-corrected chi connectivity index (χ2v) is 4.10. The number of carboxylic acid groups (broad SMARTS) is 2. The molecule has 1 aromatic rings. The molecule has 2 N–H and O–H groups in total. The van der Waals surface area contributed by atoms with E-state index >= 15 is 0 Å². The molecule has 0 unspecified atom stereocenters. The van der Waals surface area contributed by atoms with E-state index in [0.717, 1.165) is 0 Å². The van der Waals surface area contributed by atoms with E-state index in [-0.39, 0.29) is 11.3 Å². The van der Waals surface area contributed by atoms with Crippen molar-refractivity contribution in [2.24, 2.45) is 0 Å². The summed E-state index contributed by atoms with van der Waals surface area (Å²) in [6, 6.07) is 5.49. The fourth-order valence-corrected chi connectivity index (χ4v) is 1.67. The second-order valence-electron chi connectivity index (χ2n) is 4.10. The van der Waals surface area contributed by atoms with Crippen molar-refractivity contribution in [3.05, 3.63) is 39.9 Å². The summed E-state index contributed by atoms with van der Waals surface area (Å²) in [6.07, 6.45) is -0.447. The molecule has 0 heterocycles. The molecule has 112 valence electrons. The average Bonchev–Trinajstić information content (AvgIpc) is 2.37. The standard InChI is InChI=1S/C12H12N2O7/c15-10(13(6-11(16)17)7-12(18)19)5-8-3-1-2-4-9(8)14(20)21/h1-4H,5-7H2,(H,16,17)(H,18,19). The third-order valence-corrected chi connectivity index (χ3v) is 2.53. The number of carbonyl (C=O) groups is 3. The maximum Gasteiger partial charge on any atom is 0.323 e. The minimum Gasteiger partial charge on any atom is -0.480 e. The van der Waals surface area contributed by atoms with Crippen molar-refractivity contribution >= 4 is 23.5 Å². The van der Waals surface area contributed by atoms with Crippen LogP contribution in [0.3, 0.4) is 0 Å². The van der Waals surface area contributed by atoms with Gasteiger partial charge in [-0.1, -0.05) is 18.2 Å². The molecule has 0 atom stereocenters. The maximum atomic E-state index is 11.9. The van der Waals surface area contributed by atoms with E-state index in [1.54, 1.807) is 0 Å². The van der Waals surface area contributed by atoms with Gasteiger partial charge in [-0.05, 0) is 0 Å². The summed E-state index contributed by atoms with van der Waals surface area (Å²) in [5.74, 6) is -3.55. The van der Waals surface area contributed by atoms with Gasteiger partial charge in [-0.2, -0.15) is 0 Å². The average molecular weight is 296 g/mol. The first-order chi connectivity index (χ1) is 9.81. The van der Waals surface area contributed by atoms with E-state index in [0.29, 0.717) is 4.90 Å². The van der Waals surface area contributed by atoms with Crippen molar-refractivity contribution in [2.45, 2.75) is 6.42 Å². The van der Waals surface area contributed by atoms with Crippen LogP contribution in [0, 0.1) is 10.1 Å². The molecule has 0 aliphatic carbocycles. The molecule has 0 aromatic heterocycles. The van der Waals surface area contributed by atoms with Gasteiger partial charge in [-0.3, -0.25) is 24.5 Å². The van der Waals surface area contributed by atoms with Crippen LogP contribution < -0.4 is 0 Å². The largest absolute Gasteiger partial charge is 0.480 e. The number of nitro benzene ring substituents is 1. The number of rotatable bonds is 7. The van der Waals surface area contributed by atoms with Gasteiger partial charge in [0.05, 0.1) is 11.3 Å². The Kier molecular flexibility index (Phi) is 5.35. The number of aliphatic carboxylic acids is 2. The molecule has 9 nitrogen and oxygen atoms in total. The van der Waals surface area contributed by atoms with Crippen molar-refractivity contribution in [2.75, 3.05) is 13.1 Å². The molecule has 0 aliphatic rings. The molecule has 0 aliphatic heterocycles. The zero-order chi connectivity index (χ0) is 16.0. The van der Waals surface area contributed by atoms with Crippen LogP contribution in [-0.4, -0.2) is 51.0 Å². The van der Waals surface area contributed by atoms with Gasteiger partial charge in [0.1, 0.15) is 13.1 Å². The first kappa shape index (κ1) is 16.1. The Morgan fingerprint density at radius 1 is 1.10 bits per heavy atom. The summed E-state index contributed by atoms with van der Waals surface area (Å²) >= 11 is 0. The Bertz CT molecular complexity index is 569. The van der Waals surface area contributed by atoms with Crippen LogP contribution in [0.25, 0.3) is 0 Å². The molecule has 0 spiro atoms. The Balaban J connectivity index is 2.93. The minimum absolute atomic E-state index is 0.0910. The predicted octanol–water partition coefficient (Wildman–Crippen LogP) is 0.135. The Morgan fingerprint density at radius 3 is 2.10 bits per heavy atom. The van der Waals surface area contributed by atoms with Gasteiger partial charge in [0.15, 0.2) is 0 Å². The highest BCUT2D eigenvalue weighted by Crippen LogP contribution is 2.18. The summed E-state index contributed by atoms with van der Waals surface area (Å²) < 4.78 is 0. The van der Waals surface area contributed by atoms with Crippen LogP contribution >= 0.6 is 0 Å². The first-order valence-corrected chi connectivity index (χ1v) is 5.75. The lowest BCUT2D eigenvalue weighted by molar-refractivity contribution is -0.385. The lowest BCUT2D eigenvalue weighted by Gasteiger charge is -2.18. The number of carbonyl (C=O) groups excluding carboxylic acids is 1. The zero-order valence-electron chi connectivity index (χ0n) is 10.8. The minimum atomic E-state index is -1.37. The zero-order valence-corrected chi connectivity index (χ0v) is 10.8. The molecule has 9 heteroatoms. The van der Waals surface area contributed by atoms with Gasteiger partial charge in [0.2, 0.25) is 5.91 Å². The van der Waals surface area contributed by atoms with Gasteiger partial charge in [-0.15, -0.1) is 0 Å². The van der Waals surface area contributed by atoms with Gasteiger partial charge >= 0.3 is 11.9 Å².